The second-order valence-corrected chi connectivity index (χ2v) is 6.34. The van der Waals surface area contributed by atoms with Gasteiger partial charge in [-0.3, -0.25) is 18.9 Å². The first kappa shape index (κ1) is 18.4. The molecule has 2 heterocycles. The lowest BCUT2D eigenvalue weighted by molar-refractivity contribution is -0.122. The van der Waals surface area contributed by atoms with Crippen LogP contribution in [0.5, 0.6) is 0 Å². The van der Waals surface area contributed by atoms with Gasteiger partial charge in [-0.1, -0.05) is 5.11 Å². The standard InChI is InChI=1S/C10H14N5O8P/c1-5-3-15(9(18)12-8(5)17)7-2-6(16)10(23-7,13-14-11)4-22-24(19,20)21/h3,6-7,16H,2,4H2,1H3,(H,12,17,18)(H2,19,20,21)/t6-,7+,10+/m0/s1. The second-order valence-electron chi connectivity index (χ2n) is 5.10. The minimum absolute atomic E-state index is 0.195. The van der Waals surface area contributed by atoms with E-state index in [1.807, 2.05) is 4.98 Å². The Labute approximate surface area is 133 Å². The molecule has 1 aliphatic heterocycles. The van der Waals surface area contributed by atoms with Gasteiger partial charge in [-0.2, -0.15) is 0 Å². The first-order valence-corrected chi connectivity index (χ1v) is 8.05. The van der Waals surface area contributed by atoms with E-state index in [-0.39, 0.29) is 12.0 Å². The molecule has 4 N–H and O–H groups in total. The number of H-pyrrole nitrogens is 1. The summed E-state index contributed by atoms with van der Waals surface area (Å²) < 4.78 is 21.4. The van der Waals surface area contributed by atoms with Gasteiger partial charge in [0, 0.05) is 23.1 Å². The van der Waals surface area contributed by atoms with Crippen LogP contribution in [0.4, 0.5) is 0 Å². The molecule has 1 aromatic heterocycles. The zero-order valence-corrected chi connectivity index (χ0v) is 13.2. The summed E-state index contributed by atoms with van der Waals surface area (Å²) in [6.45, 7) is 0.508. The van der Waals surface area contributed by atoms with Crippen LogP contribution in [-0.4, -0.2) is 42.9 Å². The Morgan fingerprint density at radius 1 is 1.62 bits per heavy atom. The van der Waals surface area contributed by atoms with Crippen LogP contribution < -0.4 is 11.2 Å². The number of aromatic nitrogens is 2. The van der Waals surface area contributed by atoms with E-state index in [1.165, 1.54) is 13.1 Å². The van der Waals surface area contributed by atoms with Crippen molar-refractivity contribution < 1.29 is 28.7 Å². The van der Waals surface area contributed by atoms with Gasteiger partial charge in [-0.25, -0.2) is 9.36 Å². The van der Waals surface area contributed by atoms with Gasteiger partial charge < -0.3 is 19.6 Å². The van der Waals surface area contributed by atoms with Crippen molar-refractivity contribution in [2.24, 2.45) is 5.11 Å². The molecule has 14 heteroatoms. The fourth-order valence-electron chi connectivity index (χ4n) is 2.21. The Morgan fingerprint density at radius 2 is 2.29 bits per heavy atom. The summed E-state index contributed by atoms with van der Waals surface area (Å²) in [6, 6.07) is 0. The molecule has 0 amide bonds. The van der Waals surface area contributed by atoms with E-state index in [1.54, 1.807) is 0 Å². The largest absolute Gasteiger partial charge is 0.469 e. The van der Waals surface area contributed by atoms with Gasteiger partial charge in [0.15, 0.2) is 5.72 Å². The maximum Gasteiger partial charge on any atom is 0.469 e. The van der Waals surface area contributed by atoms with Gasteiger partial charge in [0.1, 0.15) is 6.23 Å². The Kier molecular flexibility index (Phi) is 4.97. The topological polar surface area (TPSA) is 200 Å². The van der Waals surface area contributed by atoms with E-state index in [0.29, 0.717) is 0 Å². The van der Waals surface area contributed by atoms with Crippen LogP contribution in [0.25, 0.3) is 10.4 Å². The average molecular weight is 363 g/mol. The molecule has 0 radical (unpaired) electrons. The lowest BCUT2D eigenvalue weighted by atomic mass is 10.1. The van der Waals surface area contributed by atoms with Crippen molar-refractivity contribution in [3.63, 3.8) is 0 Å². The number of hydrogen-bond acceptors (Lipinski definition) is 7. The maximum absolute atomic E-state index is 11.9. The van der Waals surface area contributed by atoms with Crippen LogP contribution in [0.1, 0.15) is 18.2 Å². The van der Waals surface area contributed by atoms with E-state index in [2.05, 4.69) is 14.5 Å². The van der Waals surface area contributed by atoms with Crippen LogP contribution in [0.15, 0.2) is 20.9 Å². The van der Waals surface area contributed by atoms with Crippen molar-refractivity contribution in [3.8, 4) is 0 Å². The molecular formula is C10H14N5O8P. The summed E-state index contributed by atoms with van der Waals surface area (Å²) in [5.74, 6) is 0. The number of aryl methyl sites for hydroxylation is 1. The third-order valence-corrected chi connectivity index (χ3v) is 3.86. The number of nitrogens with one attached hydrogen (secondary N) is 1. The number of aromatic amines is 1. The number of aliphatic hydroxyl groups excluding tert-OH is 1. The molecular weight excluding hydrogens is 349 g/mol. The summed E-state index contributed by atoms with van der Waals surface area (Å²) >= 11 is 0. The number of aliphatic hydroxyl groups is 1. The van der Waals surface area contributed by atoms with Crippen molar-refractivity contribution in [1.82, 2.24) is 9.55 Å². The summed E-state index contributed by atoms with van der Waals surface area (Å²) in [6.07, 6.45) is -1.71. The highest BCUT2D eigenvalue weighted by molar-refractivity contribution is 7.46. The SMILES string of the molecule is Cc1cn([C@H]2C[C@H](O)[C@](COP(=O)(O)O)(N=[N+]=[N-])O2)c(=O)[nH]c1=O. The van der Waals surface area contributed by atoms with Crippen LogP contribution in [0.3, 0.4) is 0 Å². The van der Waals surface area contributed by atoms with Gasteiger partial charge in [-0.15, -0.1) is 0 Å². The smallest absolute Gasteiger partial charge is 0.390 e. The third kappa shape index (κ3) is 3.74. The van der Waals surface area contributed by atoms with Gasteiger partial charge in [0.25, 0.3) is 5.56 Å². The molecule has 1 aliphatic rings. The molecule has 0 saturated carbocycles. The molecule has 2 rings (SSSR count). The monoisotopic (exact) mass is 363 g/mol. The molecule has 13 nitrogen and oxygen atoms in total. The van der Waals surface area contributed by atoms with Crippen LogP contribution in [0, 0.1) is 6.92 Å². The zero-order chi connectivity index (χ0) is 18.1. The normalized spacial score (nSPS) is 27.0. The summed E-state index contributed by atoms with van der Waals surface area (Å²) in [5.41, 5.74) is 5.27. The maximum atomic E-state index is 11.9. The highest BCUT2D eigenvalue weighted by Gasteiger charge is 2.50. The van der Waals surface area contributed by atoms with E-state index in [9.17, 15) is 19.3 Å². The number of azide groups is 1. The number of phosphoric acid groups is 1. The molecule has 0 bridgehead atoms. The van der Waals surface area contributed by atoms with E-state index in [4.69, 9.17) is 20.1 Å². The van der Waals surface area contributed by atoms with Crippen molar-refractivity contribution in [2.45, 2.75) is 31.4 Å². The van der Waals surface area contributed by atoms with Gasteiger partial charge in [0.05, 0.1) is 12.7 Å². The van der Waals surface area contributed by atoms with Gasteiger partial charge in [-0.05, 0) is 12.5 Å². The summed E-state index contributed by atoms with van der Waals surface area (Å²) in [5, 5.41) is 13.3. The number of ether oxygens (including phenoxy) is 1. The minimum Gasteiger partial charge on any atom is -0.390 e. The Balaban J connectivity index is 2.37. The molecule has 1 aromatic rings. The number of hydrogen-bond donors (Lipinski definition) is 4. The molecule has 0 spiro atoms. The molecule has 0 aliphatic carbocycles. The van der Waals surface area contributed by atoms with Crippen LogP contribution in [-0.2, 0) is 13.8 Å². The fraction of sp³-hybridized carbons (Fsp3) is 0.600. The summed E-state index contributed by atoms with van der Waals surface area (Å²) in [7, 11) is -4.92. The number of rotatable bonds is 5. The molecule has 0 unspecified atom stereocenters. The first-order chi connectivity index (χ1) is 11.1. The second kappa shape index (κ2) is 6.49. The molecule has 132 valence electrons. The number of phosphoric ester groups is 1. The van der Waals surface area contributed by atoms with Crippen molar-refractivity contribution >= 4 is 7.82 Å². The summed E-state index contributed by atoms with van der Waals surface area (Å²) in [4.78, 5) is 45.3. The Hall–Kier alpha value is -1.98. The molecule has 1 fully saturated rings. The predicted molar refractivity (Wildman–Crippen MR) is 76.7 cm³/mol. The molecule has 1 saturated heterocycles. The van der Waals surface area contributed by atoms with Crippen molar-refractivity contribution in [3.05, 3.63) is 43.0 Å². The highest BCUT2D eigenvalue weighted by atomic mass is 31.2. The first-order valence-electron chi connectivity index (χ1n) is 6.52. The number of nitrogens with zero attached hydrogens (tertiary/aromatic N) is 4. The average Bonchev–Trinajstić information content (AvgIpc) is 2.78. The minimum atomic E-state index is -4.92. The van der Waals surface area contributed by atoms with Crippen LogP contribution in [0.2, 0.25) is 0 Å². The quantitative estimate of drug-likeness (QED) is 0.226. The molecule has 24 heavy (non-hydrogen) atoms. The highest BCUT2D eigenvalue weighted by Crippen LogP contribution is 2.43. The third-order valence-electron chi connectivity index (χ3n) is 3.40. The molecule has 0 aromatic carbocycles. The van der Waals surface area contributed by atoms with Gasteiger partial charge in [0.2, 0.25) is 0 Å². The zero-order valence-electron chi connectivity index (χ0n) is 12.3. The van der Waals surface area contributed by atoms with Crippen molar-refractivity contribution in [2.75, 3.05) is 6.61 Å². The van der Waals surface area contributed by atoms with Gasteiger partial charge >= 0.3 is 13.5 Å². The Morgan fingerprint density at radius 3 is 2.88 bits per heavy atom. The van der Waals surface area contributed by atoms with Crippen LogP contribution >= 0.6 is 7.82 Å². The van der Waals surface area contributed by atoms with Crippen molar-refractivity contribution in [1.29, 1.82) is 0 Å². The van der Waals surface area contributed by atoms with E-state index >= 15 is 0 Å². The molecule has 3 atom stereocenters. The predicted octanol–water partition coefficient (Wildman–Crippen LogP) is -0.759. The fourth-order valence-corrected chi connectivity index (χ4v) is 2.56. The lowest BCUT2D eigenvalue weighted by Gasteiger charge is -2.26. The van der Waals surface area contributed by atoms with E-state index < -0.39 is 43.7 Å². The lowest BCUT2D eigenvalue weighted by Crippen LogP contribution is -2.41. The Bertz CT molecular complexity index is 838. The van der Waals surface area contributed by atoms with E-state index in [0.717, 1.165) is 4.57 Å².